The molecule has 0 aliphatic rings. The molecule has 65 valence electrons. The lowest BCUT2D eigenvalue weighted by Crippen LogP contribution is -1.82. The van der Waals surface area contributed by atoms with E-state index in [0.29, 0.717) is 0 Å². The average Bonchev–Trinajstić information content (AvgIpc) is 2.26. The topological polar surface area (TPSA) is 25.8 Å². The maximum Gasteiger partial charge on any atom is 0.0987 e. The molecular weight excluding hydrogens is 172 g/mol. The van der Waals surface area contributed by atoms with Crippen LogP contribution in [0.15, 0.2) is 42.6 Å². The van der Waals surface area contributed by atoms with Gasteiger partial charge in [-0.25, -0.2) is 4.98 Å². The van der Waals surface area contributed by atoms with Gasteiger partial charge in [-0.3, -0.25) is 4.98 Å². The molecule has 0 amide bonds. The second-order valence-corrected chi connectivity index (χ2v) is 3.17. The van der Waals surface area contributed by atoms with E-state index in [0.717, 1.165) is 21.8 Å². The lowest BCUT2D eigenvalue weighted by molar-refractivity contribution is 1.33. The Kier molecular flexibility index (Phi) is 1.47. The smallest absolute Gasteiger partial charge is 0.0987 e. The summed E-state index contributed by atoms with van der Waals surface area (Å²) in [4.78, 5) is 8.46. The molecule has 0 spiro atoms. The Bertz CT molecular complexity index is 497. The summed E-state index contributed by atoms with van der Waals surface area (Å²) in [6, 6.07) is 12.0. The molecule has 2 heterocycles. The van der Waals surface area contributed by atoms with Crippen LogP contribution in [-0.2, 0) is 0 Å². The van der Waals surface area contributed by atoms with Gasteiger partial charge >= 0.3 is 0 Å². The van der Waals surface area contributed by atoms with Crippen LogP contribution in [0.1, 0.15) is 0 Å². The van der Waals surface area contributed by atoms with Crippen molar-refractivity contribution in [2.45, 2.75) is 0 Å². The molecule has 2 nitrogen and oxygen atoms in total. The van der Waals surface area contributed by atoms with Gasteiger partial charge in [0.15, 0.2) is 0 Å². The molecule has 0 unspecified atom stereocenters. The van der Waals surface area contributed by atoms with E-state index < -0.39 is 0 Å². The Morgan fingerprint density at radius 3 is 2.93 bits per heavy atom. The first-order chi connectivity index (χ1) is 6.93. The van der Waals surface area contributed by atoms with Gasteiger partial charge in [0.2, 0.25) is 0 Å². The van der Waals surface area contributed by atoms with Crippen LogP contribution < -0.4 is 0 Å². The van der Waals surface area contributed by atoms with Crippen molar-refractivity contribution in [1.29, 1.82) is 0 Å². The lowest BCUT2D eigenvalue weighted by atomic mass is 10.1. The molecule has 1 aromatic carbocycles. The largest absolute Gasteiger partial charge is 0.254 e. The number of aromatic nitrogens is 2. The van der Waals surface area contributed by atoms with E-state index in [1.807, 2.05) is 30.3 Å². The van der Waals surface area contributed by atoms with E-state index >= 15 is 0 Å². The first-order valence-corrected chi connectivity index (χ1v) is 4.46. The molecule has 1 radical (unpaired) electrons. The molecule has 0 fully saturated rings. The monoisotopic (exact) mass is 179 g/mol. The Hall–Kier alpha value is -1.96. The quantitative estimate of drug-likeness (QED) is 0.496. The van der Waals surface area contributed by atoms with Crippen molar-refractivity contribution in [3.63, 3.8) is 0 Å². The van der Waals surface area contributed by atoms with Crippen LogP contribution in [0.3, 0.4) is 0 Å². The molecule has 3 aromatic rings. The molecule has 0 N–H and O–H groups in total. The van der Waals surface area contributed by atoms with Crippen molar-refractivity contribution in [3.8, 4) is 0 Å². The number of hydrogen-bond acceptors (Lipinski definition) is 2. The Morgan fingerprint density at radius 1 is 1.00 bits per heavy atom. The first kappa shape index (κ1) is 7.44. The zero-order valence-electron chi connectivity index (χ0n) is 7.44. The number of para-hydroxylation sites is 1. The third-order valence-corrected chi connectivity index (χ3v) is 2.25. The summed E-state index contributed by atoms with van der Waals surface area (Å²) in [6.45, 7) is 0. The zero-order valence-corrected chi connectivity index (χ0v) is 7.44. The SMILES string of the molecule is [c]1nccc2nc3ccccc3cc12. The predicted octanol–water partition coefficient (Wildman–Crippen LogP) is 2.58. The normalized spacial score (nSPS) is 10.9. The summed E-state index contributed by atoms with van der Waals surface area (Å²) in [5.74, 6) is 0. The number of nitrogens with zero attached hydrogens (tertiary/aromatic N) is 2. The van der Waals surface area contributed by atoms with E-state index in [-0.39, 0.29) is 0 Å². The van der Waals surface area contributed by atoms with Crippen LogP contribution >= 0.6 is 0 Å². The first-order valence-electron chi connectivity index (χ1n) is 4.46. The van der Waals surface area contributed by atoms with Gasteiger partial charge in [0.1, 0.15) is 0 Å². The number of hydrogen-bond donors (Lipinski definition) is 0. The Labute approximate surface area is 81.2 Å². The van der Waals surface area contributed by atoms with E-state index in [9.17, 15) is 0 Å². The van der Waals surface area contributed by atoms with Crippen molar-refractivity contribution in [1.82, 2.24) is 9.97 Å². The molecule has 0 bridgehead atoms. The molecule has 0 saturated heterocycles. The maximum absolute atomic E-state index is 4.51. The van der Waals surface area contributed by atoms with Gasteiger partial charge in [-0.05, 0) is 18.2 Å². The number of pyridine rings is 2. The van der Waals surface area contributed by atoms with Crippen LogP contribution in [0.25, 0.3) is 21.8 Å². The molecule has 14 heavy (non-hydrogen) atoms. The number of rotatable bonds is 0. The Morgan fingerprint density at radius 2 is 1.93 bits per heavy atom. The molecule has 3 rings (SSSR count). The molecule has 0 aliphatic heterocycles. The van der Waals surface area contributed by atoms with Gasteiger partial charge in [-0.15, -0.1) is 0 Å². The van der Waals surface area contributed by atoms with E-state index in [1.165, 1.54) is 0 Å². The Balaban J connectivity index is 2.52. The minimum absolute atomic E-state index is 0.943. The van der Waals surface area contributed by atoms with Crippen molar-refractivity contribution in [2.24, 2.45) is 0 Å². The summed E-state index contributed by atoms with van der Waals surface area (Å²) >= 11 is 0. The summed E-state index contributed by atoms with van der Waals surface area (Å²) in [6.07, 6.45) is 4.64. The highest BCUT2D eigenvalue weighted by Gasteiger charge is 1.97. The van der Waals surface area contributed by atoms with Gasteiger partial charge in [-0.1, -0.05) is 18.2 Å². The van der Waals surface area contributed by atoms with Crippen molar-refractivity contribution < 1.29 is 0 Å². The van der Waals surface area contributed by atoms with Crippen molar-refractivity contribution >= 4 is 21.8 Å². The van der Waals surface area contributed by atoms with Crippen LogP contribution in [0.2, 0.25) is 0 Å². The van der Waals surface area contributed by atoms with Crippen LogP contribution in [0.4, 0.5) is 0 Å². The minimum atomic E-state index is 0.943. The zero-order chi connectivity index (χ0) is 9.38. The van der Waals surface area contributed by atoms with Crippen LogP contribution in [-0.4, -0.2) is 9.97 Å². The third-order valence-electron chi connectivity index (χ3n) is 2.25. The second kappa shape index (κ2) is 2.77. The minimum Gasteiger partial charge on any atom is -0.254 e. The van der Waals surface area contributed by atoms with Gasteiger partial charge in [0.25, 0.3) is 0 Å². The molecule has 2 heteroatoms. The number of benzene rings is 1. The van der Waals surface area contributed by atoms with Crippen molar-refractivity contribution in [3.05, 3.63) is 48.8 Å². The molecule has 0 aliphatic carbocycles. The molecule has 0 saturated carbocycles. The highest BCUT2D eigenvalue weighted by molar-refractivity contribution is 5.91. The second-order valence-electron chi connectivity index (χ2n) is 3.17. The van der Waals surface area contributed by atoms with E-state index in [2.05, 4.69) is 22.2 Å². The summed E-state index contributed by atoms with van der Waals surface area (Å²) in [5.41, 5.74) is 1.96. The fraction of sp³-hybridized carbons (Fsp3) is 0. The van der Waals surface area contributed by atoms with E-state index in [4.69, 9.17) is 0 Å². The van der Waals surface area contributed by atoms with Crippen LogP contribution in [0.5, 0.6) is 0 Å². The van der Waals surface area contributed by atoms with Crippen molar-refractivity contribution in [2.75, 3.05) is 0 Å². The third kappa shape index (κ3) is 1.04. The summed E-state index contributed by atoms with van der Waals surface area (Å²) in [7, 11) is 0. The summed E-state index contributed by atoms with van der Waals surface area (Å²) in [5, 5.41) is 2.09. The standard InChI is InChI=1S/C12H7N2/c1-2-4-11-9(3-1)7-10-8-13-6-5-12(10)14-11/h1-7H. The maximum atomic E-state index is 4.51. The van der Waals surface area contributed by atoms with Gasteiger partial charge in [0, 0.05) is 17.0 Å². The molecule has 0 atom stereocenters. The average molecular weight is 179 g/mol. The van der Waals surface area contributed by atoms with Gasteiger partial charge < -0.3 is 0 Å². The van der Waals surface area contributed by atoms with Gasteiger partial charge in [-0.2, -0.15) is 0 Å². The highest BCUT2D eigenvalue weighted by Crippen LogP contribution is 2.17. The van der Waals surface area contributed by atoms with E-state index in [1.54, 1.807) is 6.20 Å². The van der Waals surface area contributed by atoms with Gasteiger partial charge in [0.05, 0.1) is 17.2 Å². The van der Waals surface area contributed by atoms with Crippen LogP contribution in [0, 0.1) is 6.20 Å². The fourth-order valence-corrected chi connectivity index (χ4v) is 1.56. The molecular formula is C12H7N2. The molecule has 2 aromatic heterocycles. The highest BCUT2D eigenvalue weighted by atomic mass is 14.7. The lowest BCUT2D eigenvalue weighted by Gasteiger charge is -1.99. The fourth-order valence-electron chi connectivity index (χ4n) is 1.56. The predicted molar refractivity (Wildman–Crippen MR) is 55.9 cm³/mol. The number of fused-ring (bicyclic) bond motifs is 2. The summed E-state index contributed by atoms with van der Waals surface area (Å²) < 4.78 is 0.